The molecule has 0 saturated heterocycles. The second-order valence-electron chi connectivity index (χ2n) is 5.20. The number of thioether (sulfide) groups is 1. The zero-order valence-electron chi connectivity index (χ0n) is 13.7. The minimum atomic E-state index is -0.296. The zero-order chi connectivity index (χ0) is 17.5. The van der Waals surface area contributed by atoms with Gasteiger partial charge in [0.25, 0.3) is 0 Å². The Hall–Kier alpha value is -2.09. The molecule has 0 spiro atoms. The highest BCUT2D eigenvalue weighted by atomic mass is 32.2. The van der Waals surface area contributed by atoms with Gasteiger partial charge in [-0.15, -0.1) is 11.8 Å². The quantitative estimate of drug-likeness (QED) is 0.577. The van der Waals surface area contributed by atoms with Crippen LogP contribution in [0.25, 0.3) is 11.0 Å². The number of hydrogen-bond donors (Lipinski definition) is 1. The number of nitrogens with one attached hydrogen (secondary N) is 1. The van der Waals surface area contributed by atoms with Crippen molar-refractivity contribution < 1.29 is 18.7 Å². The van der Waals surface area contributed by atoms with Crippen molar-refractivity contribution in [2.24, 2.45) is 7.05 Å². The maximum Gasteiger partial charge on any atom is 0.315 e. The van der Waals surface area contributed by atoms with Gasteiger partial charge in [-0.05, 0) is 18.2 Å². The number of halogens is 1. The molecular weight excluding hydrogens is 333 g/mol. The number of carbonyl (C=O) groups excluding carboxylic acids is 2. The minimum Gasteiger partial charge on any atom is -0.468 e. The first-order valence-electron chi connectivity index (χ1n) is 7.53. The number of hydrogen-bond acceptors (Lipinski definition) is 5. The molecule has 8 heteroatoms. The van der Waals surface area contributed by atoms with Crippen LogP contribution >= 0.6 is 11.8 Å². The van der Waals surface area contributed by atoms with Crippen LogP contribution in [0.5, 0.6) is 0 Å². The molecule has 0 bridgehead atoms. The number of imidazole rings is 1. The summed E-state index contributed by atoms with van der Waals surface area (Å²) < 4.78 is 19.6. The third-order valence-electron chi connectivity index (χ3n) is 3.53. The number of esters is 1. The Morgan fingerprint density at radius 2 is 2.21 bits per heavy atom. The topological polar surface area (TPSA) is 73.2 Å². The van der Waals surface area contributed by atoms with Crippen LogP contribution in [0.2, 0.25) is 0 Å². The van der Waals surface area contributed by atoms with E-state index in [0.717, 1.165) is 16.9 Å². The summed E-state index contributed by atoms with van der Waals surface area (Å²) in [7, 11) is 3.17. The number of nitrogens with zero attached hydrogens (tertiary/aromatic N) is 2. The molecule has 0 aliphatic heterocycles. The predicted octanol–water partition coefficient (Wildman–Crippen LogP) is 1.67. The highest BCUT2D eigenvalue weighted by molar-refractivity contribution is 7.99. The number of aromatic nitrogens is 2. The molecule has 2 aromatic rings. The first-order valence-corrected chi connectivity index (χ1v) is 8.69. The average Bonchev–Trinajstić information content (AvgIpc) is 2.87. The van der Waals surface area contributed by atoms with Gasteiger partial charge in [-0.1, -0.05) is 0 Å². The van der Waals surface area contributed by atoms with Crippen molar-refractivity contribution in [3.05, 3.63) is 29.8 Å². The van der Waals surface area contributed by atoms with Crippen molar-refractivity contribution in [1.29, 1.82) is 0 Å². The van der Waals surface area contributed by atoms with E-state index in [4.69, 9.17) is 0 Å². The maximum absolute atomic E-state index is 13.3. The largest absolute Gasteiger partial charge is 0.468 e. The summed E-state index contributed by atoms with van der Waals surface area (Å²) in [5, 5.41) is 2.82. The fraction of sp³-hybridized carbons (Fsp3) is 0.438. The summed E-state index contributed by atoms with van der Waals surface area (Å²) >= 11 is 1.36. The molecule has 1 aromatic heterocycles. The van der Waals surface area contributed by atoms with E-state index in [9.17, 15) is 14.0 Å². The normalized spacial score (nSPS) is 10.8. The number of benzene rings is 1. The number of aryl methyl sites for hydroxylation is 1. The van der Waals surface area contributed by atoms with Crippen LogP contribution in [0, 0.1) is 5.82 Å². The lowest BCUT2D eigenvalue weighted by Gasteiger charge is -2.05. The molecule has 0 aliphatic carbocycles. The summed E-state index contributed by atoms with van der Waals surface area (Å²) in [5.74, 6) is 0.939. The highest BCUT2D eigenvalue weighted by Crippen LogP contribution is 2.16. The molecule has 0 fully saturated rings. The smallest absolute Gasteiger partial charge is 0.315 e. The maximum atomic E-state index is 13.3. The predicted molar refractivity (Wildman–Crippen MR) is 91.3 cm³/mol. The molecular formula is C16H20FN3O3S. The van der Waals surface area contributed by atoms with Crippen LogP contribution in [0.1, 0.15) is 12.2 Å². The first-order chi connectivity index (χ1) is 11.5. The van der Waals surface area contributed by atoms with Gasteiger partial charge in [0.15, 0.2) is 0 Å². The van der Waals surface area contributed by atoms with Crippen molar-refractivity contribution >= 4 is 34.7 Å². The number of amides is 1. The van der Waals surface area contributed by atoms with E-state index in [1.54, 1.807) is 6.07 Å². The Labute approximate surface area is 143 Å². The molecule has 2 rings (SSSR count). The van der Waals surface area contributed by atoms with Crippen molar-refractivity contribution in [3.63, 3.8) is 0 Å². The van der Waals surface area contributed by atoms with Crippen molar-refractivity contribution in [1.82, 2.24) is 14.9 Å². The van der Waals surface area contributed by atoms with E-state index >= 15 is 0 Å². The lowest BCUT2D eigenvalue weighted by Crippen LogP contribution is -2.26. The molecule has 1 aromatic carbocycles. The second-order valence-corrected chi connectivity index (χ2v) is 6.30. The highest BCUT2D eigenvalue weighted by Gasteiger charge is 2.09. The van der Waals surface area contributed by atoms with Crippen LogP contribution in [0.3, 0.4) is 0 Å². The number of rotatable bonds is 8. The van der Waals surface area contributed by atoms with Gasteiger partial charge in [-0.2, -0.15) is 0 Å². The van der Waals surface area contributed by atoms with Gasteiger partial charge in [0.2, 0.25) is 5.91 Å². The molecule has 0 aliphatic rings. The van der Waals surface area contributed by atoms with Gasteiger partial charge in [0, 0.05) is 32.2 Å². The first kappa shape index (κ1) is 18.3. The van der Waals surface area contributed by atoms with Crippen LogP contribution in [0.15, 0.2) is 18.2 Å². The molecule has 0 unspecified atom stereocenters. The van der Waals surface area contributed by atoms with E-state index in [-0.39, 0.29) is 23.4 Å². The number of carbonyl (C=O) groups is 2. The molecule has 1 amide bonds. The van der Waals surface area contributed by atoms with Gasteiger partial charge in [0.1, 0.15) is 11.6 Å². The molecule has 0 radical (unpaired) electrons. The summed E-state index contributed by atoms with van der Waals surface area (Å²) in [6.07, 6.45) is 0.906. The Morgan fingerprint density at radius 3 is 2.96 bits per heavy atom. The van der Waals surface area contributed by atoms with Crippen LogP contribution in [-0.2, 0) is 27.8 Å². The number of ether oxygens (including phenoxy) is 1. The third kappa shape index (κ3) is 4.95. The van der Waals surface area contributed by atoms with Crippen molar-refractivity contribution in [2.45, 2.75) is 12.8 Å². The number of fused-ring (bicyclic) bond motifs is 1. The monoisotopic (exact) mass is 353 g/mol. The Balaban J connectivity index is 1.75. The van der Waals surface area contributed by atoms with Gasteiger partial charge in [0.05, 0.1) is 23.9 Å². The van der Waals surface area contributed by atoms with Gasteiger partial charge in [-0.25, -0.2) is 9.37 Å². The van der Waals surface area contributed by atoms with E-state index in [0.29, 0.717) is 25.1 Å². The molecule has 1 N–H and O–H groups in total. The van der Waals surface area contributed by atoms with E-state index in [2.05, 4.69) is 15.0 Å². The Bertz CT molecular complexity index is 733. The molecule has 24 heavy (non-hydrogen) atoms. The zero-order valence-corrected chi connectivity index (χ0v) is 14.5. The summed E-state index contributed by atoms with van der Waals surface area (Å²) in [4.78, 5) is 27.1. The fourth-order valence-corrected chi connectivity index (χ4v) is 2.98. The van der Waals surface area contributed by atoms with Crippen molar-refractivity contribution in [2.75, 3.05) is 25.2 Å². The number of methoxy groups -OCH3 is 1. The van der Waals surface area contributed by atoms with E-state index in [1.807, 2.05) is 11.6 Å². The minimum absolute atomic E-state index is 0.0721. The molecule has 6 nitrogen and oxygen atoms in total. The summed E-state index contributed by atoms with van der Waals surface area (Å²) in [6, 6.07) is 4.47. The van der Waals surface area contributed by atoms with Crippen LogP contribution in [-0.4, -0.2) is 46.6 Å². The lowest BCUT2D eigenvalue weighted by atomic mass is 10.3. The summed E-state index contributed by atoms with van der Waals surface area (Å²) in [5.41, 5.74) is 1.47. The van der Waals surface area contributed by atoms with Gasteiger partial charge < -0.3 is 14.6 Å². The molecule has 0 atom stereocenters. The van der Waals surface area contributed by atoms with Crippen molar-refractivity contribution in [3.8, 4) is 0 Å². The van der Waals surface area contributed by atoms with Gasteiger partial charge in [-0.3, -0.25) is 9.59 Å². The average molecular weight is 353 g/mol. The van der Waals surface area contributed by atoms with Crippen LogP contribution in [0.4, 0.5) is 4.39 Å². The Kier molecular flexibility index (Phi) is 6.60. The molecule has 0 saturated carbocycles. The standard InChI is InChI=1S/C16H20FN3O3S/c1-20-13-9-11(17)3-4-12(13)19-14(20)5-7-18-15(21)6-8-24-10-16(22)23-2/h3-4,9H,5-8,10H2,1-2H3,(H,18,21). The van der Waals surface area contributed by atoms with Crippen LogP contribution < -0.4 is 5.32 Å². The molecule has 130 valence electrons. The molecule has 1 heterocycles. The Morgan fingerprint density at radius 1 is 1.42 bits per heavy atom. The van der Waals surface area contributed by atoms with Gasteiger partial charge >= 0.3 is 5.97 Å². The fourth-order valence-electron chi connectivity index (χ4n) is 2.22. The second kappa shape index (κ2) is 8.68. The lowest BCUT2D eigenvalue weighted by molar-refractivity contribution is -0.137. The van der Waals surface area contributed by atoms with E-state index < -0.39 is 0 Å². The summed E-state index contributed by atoms with van der Waals surface area (Å²) in [6.45, 7) is 0.458. The SMILES string of the molecule is COC(=O)CSCCC(=O)NCCc1nc2ccc(F)cc2n1C. The van der Waals surface area contributed by atoms with E-state index in [1.165, 1.54) is 31.0 Å². The third-order valence-corrected chi connectivity index (χ3v) is 4.46.